The zero-order chi connectivity index (χ0) is 13.6. The molecule has 1 N–H and O–H groups in total. The lowest BCUT2D eigenvalue weighted by atomic mass is 10.0. The Kier molecular flexibility index (Phi) is 3.05. The van der Waals surface area contributed by atoms with Crippen molar-refractivity contribution in [1.82, 2.24) is 9.97 Å². The second-order valence-corrected chi connectivity index (χ2v) is 5.93. The number of rotatable bonds is 2. The van der Waals surface area contributed by atoms with Crippen molar-refractivity contribution in [2.75, 3.05) is 0 Å². The minimum atomic E-state index is -0.0900. The zero-order valence-electron chi connectivity index (χ0n) is 11.0. The summed E-state index contributed by atoms with van der Waals surface area (Å²) in [6.45, 7) is 4.13. The molecule has 3 nitrogen and oxygen atoms in total. The van der Waals surface area contributed by atoms with E-state index in [1.165, 1.54) is 5.56 Å². The van der Waals surface area contributed by atoms with Crippen molar-refractivity contribution in [3.8, 4) is 11.4 Å². The van der Waals surface area contributed by atoms with Crippen LogP contribution >= 0.6 is 15.9 Å². The van der Waals surface area contributed by atoms with Crippen molar-refractivity contribution < 1.29 is 0 Å². The van der Waals surface area contributed by atoms with E-state index in [0.717, 1.165) is 29.7 Å². The molecule has 19 heavy (non-hydrogen) atoms. The first kappa shape index (κ1) is 12.6. The Hall–Kier alpha value is -1.42. The second-order valence-electron chi connectivity index (χ2n) is 5.14. The van der Waals surface area contributed by atoms with Crippen LogP contribution in [0.5, 0.6) is 0 Å². The lowest BCUT2D eigenvalue weighted by molar-refractivity contribution is 0.958. The fourth-order valence-electron chi connectivity index (χ4n) is 2.24. The van der Waals surface area contributed by atoms with Crippen LogP contribution in [-0.4, -0.2) is 9.97 Å². The molecule has 1 saturated carbocycles. The molecule has 0 spiro atoms. The maximum absolute atomic E-state index is 12.0. The molecule has 0 radical (unpaired) electrons. The number of nitrogens with one attached hydrogen (secondary N) is 1. The number of aromatic amines is 1. The summed E-state index contributed by atoms with van der Waals surface area (Å²) in [5, 5.41) is 0. The molecular weight excluding hydrogens is 304 g/mol. The van der Waals surface area contributed by atoms with E-state index in [1.807, 2.05) is 12.1 Å². The molecule has 1 aromatic heterocycles. The number of aromatic nitrogens is 2. The molecule has 3 rings (SSSR count). The fourth-order valence-corrected chi connectivity index (χ4v) is 2.75. The average molecular weight is 319 g/mol. The Labute approximate surface area is 120 Å². The van der Waals surface area contributed by atoms with E-state index in [1.54, 1.807) is 0 Å². The summed E-state index contributed by atoms with van der Waals surface area (Å²) in [5.74, 6) is 1.12. The first-order valence-corrected chi connectivity index (χ1v) is 7.23. The molecular formula is C15H15BrN2O. The summed E-state index contributed by atoms with van der Waals surface area (Å²) in [4.78, 5) is 19.6. The molecule has 2 aromatic rings. The summed E-state index contributed by atoms with van der Waals surface area (Å²) in [6, 6.07) is 6.07. The lowest BCUT2D eigenvalue weighted by Gasteiger charge is -2.10. The smallest absolute Gasteiger partial charge is 0.265 e. The first-order chi connectivity index (χ1) is 9.08. The summed E-state index contributed by atoms with van der Waals surface area (Å²) >= 11 is 3.35. The number of hydrogen-bond acceptors (Lipinski definition) is 2. The van der Waals surface area contributed by atoms with Gasteiger partial charge in [-0.05, 0) is 53.7 Å². The van der Waals surface area contributed by atoms with Crippen molar-refractivity contribution in [3.63, 3.8) is 0 Å². The van der Waals surface area contributed by atoms with E-state index in [4.69, 9.17) is 0 Å². The minimum Gasteiger partial charge on any atom is -0.306 e. The minimum absolute atomic E-state index is 0.0900. The Bertz CT molecular complexity index is 702. The van der Waals surface area contributed by atoms with Gasteiger partial charge in [0.15, 0.2) is 0 Å². The highest BCUT2D eigenvalue weighted by atomic mass is 79.9. The van der Waals surface area contributed by atoms with Gasteiger partial charge in [-0.1, -0.05) is 18.2 Å². The SMILES string of the molecule is Cc1cccc(-c2nc(C3CC3)c(Br)c(=O)[nH]2)c1C. The summed E-state index contributed by atoms with van der Waals surface area (Å²) in [7, 11) is 0. The van der Waals surface area contributed by atoms with Gasteiger partial charge >= 0.3 is 0 Å². The number of halogens is 1. The molecule has 0 atom stereocenters. The molecule has 0 unspecified atom stereocenters. The molecule has 0 saturated heterocycles. The van der Waals surface area contributed by atoms with Crippen LogP contribution < -0.4 is 5.56 Å². The van der Waals surface area contributed by atoms with Crippen LogP contribution in [0.3, 0.4) is 0 Å². The van der Waals surface area contributed by atoms with Crippen LogP contribution in [0.1, 0.15) is 35.6 Å². The van der Waals surface area contributed by atoms with E-state index >= 15 is 0 Å². The van der Waals surface area contributed by atoms with Gasteiger partial charge in [-0.25, -0.2) is 4.98 Å². The lowest BCUT2D eigenvalue weighted by Crippen LogP contribution is -2.13. The van der Waals surface area contributed by atoms with Crippen molar-refractivity contribution >= 4 is 15.9 Å². The molecule has 0 amide bonds. The molecule has 1 aliphatic rings. The van der Waals surface area contributed by atoms with Crippen molar-refractivity contribution in [3.05, 3.63) is 49.8 Å². The third-order valence-electron chi connectivity index (χ3n) is 3.71. The third-order valence-corrected chi connectivity index (χ3v) is 4.48. The first-order valence-electron chi connectivity index (χ1n) is 6.44. The highest BCUT2D eigenvalue weighted by molar-refractivity contribution is 9.10. The van der Waals surface area contributed by atoms with E-state index in [0.29, 0.717) is 16.2 Å². The molecule has 1 aliphatic carbocycles. The normalized spacial score (nSPS) is 14.7. The van der Waals surface area contributed by atoms with Crippen molar-refractivity contribution in [2.45, 2.75) is 32.6 Å². The molecule has 1 heterocycles. The van der Waals surface area contributed by atoms with Crippen LogP contribution in [0.4, 0.5) is 0 Å². The van der Waals surface area contributed by atoms with Gasteiger partial charge in [0.1, 0.15) is 10.3 Å². The number of nitrogens with zero attached hydrogens (tertiary/aromatic N) is 1. The Morgan fingerprint density at radius 1 is 1.32 bits per heavy atom. The predicted octanol–water partition coefficient (Wildman–Crippen LogP) is 3.69. The van der Waals surface area contributed by atoms with E-state index in [9.17, 15) is 4.79 Å². The van der Waals surface area contributed by atoms with E-state index in [-0.39, 0.29) is 5.56 Å². The Morgan fingerprint density at radius 3 is 2.74 bits per heavy atom. The molecule has 4 heteroatoms. The van der Waals surface area contributed by atoms with Gasteiger partial charge in [0.2, 0.25) is 0 Å². The number of aryl methyl sites for hydroxylation is 1. The molecule has 98 valence electrons. The largest absolute Gasteiger partial charge is 0.306 e. The molecule has 0 aliphatic heterocycles. The summed E-state index contributed by atoms with van der Waals surface area (Å²) < 4.78 is 0.587. The van der Waals surface area contributed by atoms with E-state index < -0.39 is 0 Å². The molecule has 1 fully saturated rings. The van der Waals surface area contributed by atoms with Gasteiger partial charge in [-0.3, -0.25) is 4.79 Å². The monoisotopic (exact) mass is 318 g/mol. The quantitative estimate of drug-likeness (QED) is 0.917. The maximum atomic E-state index is 12.0. The number of hydrogen-bond donors (Lipinski definition) is 1. The van der Waals surface area contributed by atoms with Gasteiger partial charge in [-0.15, -0.1) is 0 Å². The van der Waals surface area contributed by atoms with Crippen LogP contribution in [0.15, 0.2) is 27.5 Å². The summed E-state index contributed by atoms with van der Waals surface area (Å²) in [6.07, 6.45) is 2.25. The molecule has 1 aromatic carbocycles. The number of H-pyrrole nitrogens is 1. The van der Waals surface area contributed by atoms with Crippen molar-refractivity contribution in [1.29, 1.82) is 0 Å². The highest BCUT2D eigenvalue weighted by Gasteiger charge is 2.29. The second kappa shape index (κ2) is 4.60. The third kappa shape index (κ3) is 2.25. The van der Waals surface area contributed by atoms with E-state index in [2.05, 4.69) is 45.8 Å². The summed E-state index contributed by atoms with van der Waals surface area (Å²) in [5.41, 5.74) is 4.18. The van der Waals surface area contributed by atoms with Crippen LogP contribution in [0.2, 0.25) is 0 Å². The van der Waals surface area contributed by atoms with Gasteiger partial charge in [-0.2, -0.15) is 0 Å². The topological polar surface area (TPSA) is 45.8 Å². The fraction of sp³-hybridized carbons (Fsp3) is 0.333. The standard InChI is InChI=1S/C15H15BrN2O/c1-8-4-3-5-11(9(8)2)14-17-13(10-6-7-10)12(16)15(19)18-14/h3-5,10H,6-7H2,1-2H3,(H,17,18,19). The van der Waals surface area contributed by atoms with Gasteiger partial charge in [0, 0.05) is 11.5 Å². The maximum Gasteiger partial charge on any atom is 0.265 e. The van der Waals surface area contributed by atoms with Gasteiger partial charge < -0.3 is 4.98 Å². The van der Waals surface area contributed by atoms with Gasteiger partial charge in [0.05, 0.1) is 5.69 Å². The zero-order valence-corrected chi connectivity index (χ0v) is 12.5. The van der Waals surface area contributed by atoms with Crippen LogP contribution in [0.25, 0.3) is 11.4 Å². The Morgan fingerprint density at radius 2 is 2.05 bits per heavy atom. The Balaban J connectivity index is 2.20. The average Bonchev–Trinajstić information content (AvgIpc) is 3.20. The van der Waals surface area contributed by atoms with Crippen LogP contribution in [0, 0.1) is 13.8 Å². The number of benzene rings is 1. The van der Waals surface area contributed by atoms with Crippen LogP contribution in [-0.2, 0) is 0 Å². The highest BCUT2D eigenvalue weighted by Crippen LogP contribution is 2.41. The van der Waals surface area contributed by atoms with Gasteiger partial charge in [0.25, 0.3) is 5.56 Å². The predicted molar refractivity (Wildman–Crippen MR) is 79.4 cm³/mol. The molecule has 0 bridgehead atoms. The van der Waals surface area contributed by atoms with Crippen molar-refractivity contribution in [2.24, 2.45) is 0 Å².